The molecule has 0 spiro atoms. The Morgan fingerprint density at radius 2 is 2.17 bits per heavy atom. The number of nitrogen functional groups attached to an aromatic ring is 1. The van der Waals surface area contributed by atoms with E-state index in [-0.39, 0.29) is 17.4 Å². The number of aryl methyl sites for hydroxylation is 1. The molecule has 3 heterocycles. The third kappa shape index (κ3) is 3.52. The largest absolute Gasteiger partial charge is 0.382 e. The summed E-state index contributed by atoms with van der Waals surface area (Å²) in [6, 6.07) is 2.12. The summed E-state index contributed by atoms with van der Waals surface area (Å²) in [5.41, 5.74) is 5.96. The van der Waals surface area contributed by atoms with Gasteiger partial charge in [-0.25, -0.2) is 13.5 Å². The van der Waals surface area contributed by atoms with Gasteiger partial charge in [0.05, 0.1) is 17.3 Å². The van der Waals surface area contributed by atoms with Gasteiger partial charge in [0.15, 0.2) is 0 Å². The monoisotopic (exact) mass is 346 g/mol. The van der Waals surface area contributed by atoms with Crippen LogP contribution in [0.1, 0.15) is 18.4 Å². The first-order valence-corrected chi connectivity index (χ1v) is 8.62. The van der Waals surface area contributed by atoms with Crippen LogP contribution < -0.4 is 11.1 Å². The highest BCUT2D eigenvalue weighted by Gasteiger charge is 2.24. The molecular formula is C14H18N8OS. The zero-order valence-electron chi connectivity index (χ0n) is 13.2. The quantitative estimate of drug-likeness (QED) is 0.813. The summed E-state index contributed by atoms with van der Waals surface area (Å²) in [6.07, 6.45) is 6.45. The zero-order valence-corrected chi connectivity index (χ0v) is 14.0. The molecule has 0 radical (unpaired) electrons. The fourth-order valence-corrected chi connectivity index (χ4v) is 3.76. The molecule has 1 aliphatic heterocycles. The first-order valence-electron chi connectivity index (χ1n) is 7.51. The van der Waals surface area contributed by atoms with Crippen molar-refractivity contribution in [3.05, 3.63) is 24.2 Å². The molecule has 3 rings (SSSR count). The van der Waals surface area contributed by atoms with Crippen LogP contribution >= 0.6 is 0 Å². The molecule has 0 amide bonds. The number of rotatable bonds is 4. The Bertz CT molecular complexity index is 790. The lowest BCUT2D eigenvalue weighted by atomic mass is 10.1. The molecule has 2 aromatic heterocycles. The molecule has 1 saturated heterocycles. The van der Waals surface area contributed by atoms with Crippen molar-refractivity contribution >= 4 is 22.8 Å². The molecular weight excluding hydrogens is 328 g/mol. The predicted octanol–water partition coefficient (Wildman–Crippen LogP) is 0.263. The van der Waals surface area contributed by atoms with Crippen LogP contribution in [0.15, 0.2) is 23.5 Å². The van der Waals surface area contributed by atoms with Crippen LogP contribution in [0.4, 0.5) is 11.8 Å². The Morgan fingerprint density at radius 1 is 1.42 bits per heavy atom. The van der Waals surface area contributed by atoms with E-state index in [1.54, 1.807) is 24.1 Å². The normalized spacial score (nSPS) is 17.3. The number of piperidine rings is 1. The second-order valence-corrected chi connectivity index (χ2v) is 7.04. The van der Waals surface area contributed by atoms with Crippen molar-refractivity contribution < 1.29 is 4.21 Å². The second-order valence-electron chi connectivity index (χ2n) is 5.55. The summed E-state index contributed by atoms with van der Waals surface area (Å²) in [5, 5.41) is 16.1. The summed E-state index contributed by atoms with van der Waals surface area (Å²) < 4.78 is 16.1. The van der Waals surface area contributed by atoms with Crippen molar-refractivity contribution in [2.24, 2.45) is 7.05 Å². The molecule has 10 heteroatoms. The van der Waals surface area contributed by atoms with Gasteiger partial charge in [-0.2, -0.15) is 15.3 Å². The average molecular weight is 346 g/mol. The molecule has 2 aromatic rings. The van der Waals surface area contributed by atoms with E-state index in [0.29, 0.717) is 23.9 Å². The van der Waals surface area contributed by atoms with Crippen LogP contribution in [0, 0.1) is 11.3 Å². The average Bonchev–Trinajstić information content (AvgIpc) is 3.02. The fraction of sp³-hybridized carbons (Fsp3) is 0.429. The summed E-state index contributed by atoms with van der Waals surface area (Å²) in [6.45, 7) is 1.40. The van der Waals surface area contributed by atoms with E-state index >= 15 is 0 Å². The molecule has 9 nitrogen and oxygen atoms in total. The lowest BCUT2D eigenvalue weighted by Gasteiger charge is -2.30. The van der Waals surface area contributed by atoms with Crippen LogP contribution in [0.25, 0.3) is 0 Å². The van der Waals surface area contributed by atoms with Crippen LogP contribution in [-0.2, 0) is 18.0 Å². The van der Waals surface area contributed by atoms with Crippen LogP contribution in [0.3, 0.4) is 0 Å². The number of anilines is 2. The summed E-state index contributed by atoms with van der Waals surface area (Å²) in [7, 11) is 0.622. The minimum atomic E-state index is -1.18. The van der Waals surface area contributed by atoms with Crippen molar-refractivity contribution in [2.75, 3.05) is 24.1 Å². The third-order valence-electron chi connectivity index (χ3n) is 3.84. The smallest absolute Gasteiger partial charge is 0.224 e. The molecule has 0 aliphatic carbocycles. The van der Waals surface area contributed by atoms with E-state index in [2.05, 4.69) is 20.4 Å². The van der Waals surface area contributed by atoms with E-state index in [1.807, 2.05) is 10.4 Å². The van der Waals surface area contributed by atoms with Gasteiger partial charge in [0.25, 0.3) is 0 Å². The summed E-state index contributed by atoms with van der Waals surface area (Å²) >= 11 is 0. The SMILES string of the molecule is Cn1cc(S(=O)N2CCC(Nc3ncc(C#N)c(N)n3)CC2)cn1. The molecule has 1 fully saturated rings. The highest BCUT2D eigenvalue weighted by atomic mass is 32.2. The molecule has 24 heavy (non-hydrogen) atoms. The number of hydrogen-bond acceptors (Lipinski definition) is 7. The minimum absolute atomic E-state index is 0.171. The van der Waals surface area contributed by atoms with E-state index in [9.17, 15) is 4.21 Å². The number of hydrogen-bond donors (Lipinski definition) is 2. The van der Waals surface area contributed by atoms with E-state index in [1.165, 1.54) is 6.20 Å². The lowest BCUT2D eigenvalue weighted by Crippen LogP contribution is -2.40. The standard InChI is InChI=1S/C14H18N8OS/c1-21-9-12(8-18-21)24(23)22-4-2-11(3-5-22)19-14-17-7-10(6-15)13(16)20-14/h7-9,11H,2-5H2,1H3,(H3,16,17,19,20). The zero-order chi connectivity index (χ0) is 17.1. The van der Waals surface area contributed by atoms with Crippen molar-refractivity contribution in [2.45, 2.75) is 23.8 Å². The Balaban J connectivity index is 1.56. The molecule has 0 aromatic carbocycles. The Hall–Kier alpha value is -2.51. The molecule has 1 unspecified atom stereocenters. The van der Waals surface area contributed by atoms with Gasteiger partial charge in [0.1, 0.15) is 28.4 Å². The maximum absolute atomic E-state index is 12.5. The van der Waals surface area contributed by atoms with Crippen molar-refractivity contribution in [3.63, 3.8) is 0 Å². The van der Waals surface area contributed by atoms with Gasteiger partial charge >= 0.3 is 0 Å². The minimum Gasteiger partial charge on any atom is -0.382 e. The highest BCUT2D eigenvalue weighted by molar-refractivity contribution is 7.82. The van der Waals surface area contributed by atoms with Gasteiger partial charge < -0.3 is 11.1 Å². The van der Waals surface area contributed by atoms with Crippen LogP contribution in [-0.4, -0.2) is 47.4 Å². The Labute approximate surface area is 142 Å². The fourth-order valence-electron chi connectivity index (χ4n) is 2.54. The summed E-state index contributed by atoms with van der Waals surface area (Å²) in [4.78, 5) is 8.91. The topological polar surface area (TPSA) is 126 Å². The van der Waals surface area contributed by atoms with Crippen LogP contribution in [0.5, 0.6) is 0 Å². The van der Waals surface area contributed by atoms with Gasteiger partial charge in [0, 0.05) is 32.4 Å². The van der Waals surface area contributed by atoms with Crippen molar-refractivity contribution in [3.8, 4) is 6.07 Å². The van der Waals surface area contributed by atoms with Crippen molar-refractivity contribution in [1.29, 1.82) is 5.26 Å². The predicted molar refractivity (Wildman–Crippen MR) is 89.0 cm³/mol. The molecule has 3 N–H and O–H groups in total. The molecule has 1 atom stereocenters. The number of nitrogens with two attached hydrogens (primary N) is 1. The first-order chi connectivity index (χ1) is 11.6. The number of nitrogens with zero attached hydrogens (tertiary/aromatic N) is 6. The highest BCUT2D eigenvalue weighted by Crippen LogP contribution is 2.19. The molecule has 1 aliphatic rings. The van der Waals surface area contributed by atoms with Gasteiger partial charge in [-0.15, -0.1) is 0 Å². The summed E-state index contributed by atoms with van der Waals surface area (Å²) in [5.74, 6) is 0.587. The molecule has 0 saturated carbocycles. The molecule has 0 bridgehead atoms. The van der Waals surface area contributed by atoms with Gasteiger partial charge in [-0.05, 0) is 12.8 Å². The Kier molecular flexibility index (Phi) is 4.73. The Morgan fingerprint density at radius 3 is 2.75 bits per heavy atom. The van der Waals surface area contributed by atoms with Gasteiger partial charge in [-0.1, -0.05) is 0 Å². The van der Waals surface area contributed by atoms with Crippen LogP contribution in [0.2, 0.25) is 0 Å². The van der Waals surface area contributed by atoms with E-state index in [4.69, 9.17) is 11.0 Å². The van der Waals surface area contributed by atoms with Crippen molar-refractivity contribution in [1.82, 2.24) is 24.1 Å². The van der Waals surface area contributed by atoms with Gasteiger partial charge in [-0.3, -0.25) is 4.68 Å². The van der Waals surface area contributed by atoms with E-state index < -0.39 is 11.0 Å². The maximum Gasteiger partial charge on any atom is 0.224 e. The van der Waals surface area contributed by atoms with E-state index in [0.717, 1.165) is 12.8 Å². The van der Waals surface area contributed by atoms with Gasteiger partial charge in [0.2, 0.25) is 5.95 Å². The lowest BCUT2D eigenvalue weighted by molar-refractivity contribution is 0.345. The number of aromatic nitrogens is 4. The maximum atomic E-state index is 12.5. The molecule has 126 valence electrons. The first kappa shape index (κ1) is 16.4. The number of nitrogens with one attached hydrogen (secondary N) is 1. The second kappa shape index (κ2) is 6.94. The number of nitriles is 1. The third-order valence-corrected chi connectivity index (χ3v) is 5.29.